The largest absolute Gasteiger partial charge is 0.317 e. The SMILES string of the molecule is CCNCC(C)CCc1ccc(Cl)c(F)c1. The molecule has 0 aliphatic rings. The Morgan fingerprint density at radius 1 is 1.44 bits per heavy atom. The summed E-state index contributed by atoms with van der Waals surface area (Å²) in [6.45, 7) is 6.32. The molecular weight excluding hydrogens is 225 g/mol. The molecule has 0 saturated carbocycles. The van der Waals surface area contributed by atoms with Gasteiger partial charge in [-0.15, -0.1) is 0 Å². The molecule has 0 saturated heterocycles. The van der Waals surface area contributed by atoms with Gasteiger partial charge in [-0.25, -0.2) is 4.39 Å². The van der Waals surface area contributed by atoms with E-state index in [1.807, 2.05) is 6.07 Å². The van der Waals surface area contributed by atoms with Gasteiger partial charge in [-0.3, -0.25) is 0 Å². The summed E-state index contributed by atoms with van der Waals surface area (Å²) < 4.78 is 13.2. The van der Waals surface area contributed by atoms with Gasteiger partial charge in [0.25, 0.3) is 0 Å². The molecule has 0 bridgehead atoms. The van der Waals surface area contributed by atoms with Crippen molar-refractivity contribution in [2.24, 2.45) is 5.92 Å². The van der Waals surface area contributed by atoms with Gasteiger partial charge in [0.2, 0.25) is 0 Å². The monoisotopic (exact) mass is 243 g/mol. The number of halogens is 2. The topological polar surface area (TPSA) is 12.0 Å². The quantitative estimate of drug-likeness (QED) is 0.804. The third-order valence-electron chi connectivity index (χ3n) is 2.65. The predicted octanol–water partition coefficient (Wildman–Crippen LogP) is 3.66. The Bertz CT molecular complexity index is 328. The summed E-state index contributed by atoms with van der Waals surface area (Å²) in [6.07, 6.45) is 1.97. The summed E-state index contributed by atoms with van der Waals surface area (Å²) in [4.78, 5) is 0. The summed E-state index contributed by atoms with van der Waals surface area (Å²) in [5, 5.41) is 3.51. The highest BCUT2D eigenvalue weighted by Crippen LogP contribution is 2.17. The molecule has 0 aliphatic carbocycles. The van der Waals surface area contributed by atoms with E-state index >= 15 is 0 Å². The minimum absolute atomic E-state index is 0.199. The van der Waals surface area contributed by atoms with Crippen molar-refractivity contribution in [1.29, 1.82) is 0 Å². The van der Waals surface area contributed by atoms with E-state index in [9.17, 15) is 4.39 Å². The zero-order chi connectivity index (χ0) is 12.0. The molecule has 90 valence electrons. The first-order chi connectivity index (χ1) is 7.63. The smallest absolute Gasteiger partial charge is 0.142 e. The standard InChI is InChI=1S/C13H19ClFN/c1-3-16-9-10(2)4-5-11-6-7-12(14)13(15)8-11/h6-8,10,16H,3-5,9H2,1-2H3. The molecule has 0 spiro atoms. The third kappa shape index (κ3) is 4.50. The lowest BCUT2D eigenvalue weighted by Crippen LogP contribution is -2.20. The summed E-state index contributed by atoms with van der Waals surface area (Å²) in [5.74, 6) is 0.289. The second-order valence-corrected chi connectivity index (χ2v) is 4.61. The van der Waals surface area contributed by atoms with Crippen molar-refractivity contribution >= 4 is 11.6 Å². The minimum Gasteiger partial charge on any atom is -0.317 e. The Hall–Kier alpha value is -0.600. The Morgan fingerprint density at radius 3 is 2.81 bits per heavy atom. The molecule has 0 aliphatic heterocycles. The molecule has 16 heavy (non-hydrogen) atoms. The Balaban J connectivity index is 2.39. The van der Waals surface area contributed by atoms with Crippen LogP contribution in [0.25, 0.3) is 0 Å². The van der Waals surface area contributed by atoms with E-state index in [4.69, 9.17) is 11.6 Å². The van der Waals surface area contributed by atoms with Gasteiger partial charge in [0, 0.05) is 0 Å². The van der Waals surface area contributed by atoms with Crippen LogP contribution in [0.15, 0.2) is 18.2 Å². The van der Waals surface area contributed by atoms with E-state index in [1.165, 1.54) is 6.07 Å². The molecule has 1 unspecified atom stereocenters. The molecule has 1 aromatic carbocycles. The average molecular weight is 244 g/mol. The number of nitrogens with one attached hydrogen (secondary N) is 1. The van der Waals surface area contributed by atoms with Crippen LogP contribution in [0.3, 0.4) is 0 Å². The van der Waals surface area contributed by atoms with Gasteiger partial charge in [0.1, 0.15) is 5.82 Å². The molecular formula is C13H19ClFN. The fourth-order valence-electron chi connectivity index (χ4n) is 1.60. The maximum atomic E-state index is 13.2. The van der Waals surface area contributed by atoms with E-state index in [0.29, 0.717) is 5.92 Å². The van der Waals surface area contributed by atoms with Gasteiger partial charge in [0.05, 0.1) is 5.02 Å². The number of benzene rings is 1. The van der Waals surface area contributed by atoms with Crippen LogP contribution in [0.4, 0.5) is 4.39 Å². The van der Waals surface area contributed by atoms with Crippen molar-refractivity contribution in [3.63, 3.8) is 0 Å². The van der Waals surface area contributed by atoms with Crippen LogP contribution in [0.2, 0.25) is 5.02 Å². The van der Waals surface area contributed by atoms with Crippen molar-refractivity contribution in [1.82, 2.24) is 5.32 Å². The lowest BCUT2D eigenvalue weighted by atomic mass is 10.0. The second-order valence-electron chi connectivity index (χ2n) is 4.20. The molecule has 0 radical (unpaired) electrons. The van der Waals surface area contributed by atoms with Crippen molar-refractivity contribution in [3.05, 3.63) is 34.6 Å². The highest BCUT2D eigenvalue weighted by Gasteiger charge is 2.04. The average Bonchev–Trinajstić information content (AvgIpc) is 2.28. The molecule has 1 aromatic rings. The van der Waals surface area contributed by atoms with Gasteiger partial charge in [-0.1, -0.05) is 31.5 Å². The van der Waals surface area contributed by atoms with Gasteiger partial charge in [-0.2, -0.15) is 0 Å². The van der Waals surface area contributed by atoms with Crippen molar-refractivity contribution < 1.29 is 4.39 Å². The molecule has 0 amide bonds. The summed E-state index contributed by atoms with van der Waals surface area (Å²) in [5.41, 5.74) is 1.02. The summed E-state index contributed by atoms with van der Waals surface area (Å²) in [6, 6.07) is 5.05. The molecule has 0 heterocycles. The minimum atomic E-state index is -0.321. The van der Waals surface area contributed by atoms with Gasteiger partial charge < -0.3 is 5.32 Å². The number of rotatable bonds is 6. The molecule has 0 aromatic heterocycles. The number of hydrogen-bond acceptors (Lipinski definition) is 1. The normalized spacial score (nSPS) is 12.8. The second kappa shape index (κ2) is 6.87. The van der Waals surface area contributed by atoms with Gasteiger partial charge in [-0.05, 0) is 49.5 Å². The zero-order valence-corrected chi connectivity index (χ0v) is 10.6. The summed E-state index contributed by atoms with van der Waals surface area (Å²) in [7, 11) is 0. The van der Waals surface area contributed by atoms with E-state index < -0.39 is 0 Å². The van der Waals surface area contributed by atoms with Gasteiger partial charge >= 0.3 is 0 Å². The Labute approximate surface area is 102 Å². The number of hydrogen-bond donors (Lipinski definition) is 1. The van der Waals surface area contributed by atoms with Crippen LogP contribution in [0.1, 0.15) is 25.8 Å². The van der Waals surface area contributed by atoms with Crippen LogP contribution in [0.5, 0.6) is 0 Å². The lowest BCUT2D eigenvalue weighted by molar-refractivity contribution is 0.488. The molecule has 1 rings (SSSR count). The lowest BCUT2D eigenvalue weighted by Gasteiger charge is -2.11. The summed E-state index contributed by atoms with van der Waals surface area (Å²) >= 11 is 5.63. The first kappa shape index (κ1) is 13.5. The molecule has 1 N–H and O–H groups in total. The van der Waals surface area contributed by atoms with Crippen LogP contribution >= 0.6 is 11.6 Å². The fraction of sp³-hybridized carbons (Fsp3) is 0.538. The number of aryl methyl sites for hydroxylation is 1. The van der Waals surface area contributed by atoms with Crippen molar-refractivity contribution in [2.75, 3.05) is 13.1 Å². The molecule has 0 fully saturated rings. The molecule has 1 nitrogen and oxygen atoms in total. The highest BCUT2D eigenvalue weighted by molar-refractivity contribution is 6.30. The Kier molecular flexibility index (Phi) is 5.78. The molecule has 1 atom stereocenters. The van der Waals surface area contributed by atoms with Crippen molar-refractivity contribution in [2.45, 2.75) is 26.7 Å². The van der Waals surface area contributed by atoms with E-state index in [1.54, 1.807) is 6.07 Å². The van der Waals surface area contributed by atoms with Gasteiger partial charge in [0.15, 0.2) is 0 Å². The third-order valence-corrected chi connectivity index (χ3v) is 2.96. The molecule has 3 heteroatoms. The Morgan fingerprint density at radius 2 is 2.19 bits per heavy atom. The maximum absolute atomic E-state index is 13.2. The fourth-order valence-corrected chi connectivity index (χ4v) is 1.72. The van der Waals surface area contributed by atoms with Crippen LogP contribution < -0.4 is 5.32 Å². The predicted molar refractivity (Wildman–Crippen MR) is 67.4 cm³/mol. The first-order valence-corrected chi connectivity index (χ1v) is 6.16. The van der Waals surface area contributed by atoms with E-state index in [-0.39, 0.29) is 10.8 Å². The van der Waals surface area contributed by atoms with Crippen LogP contribution in [-0.2, 0) is 6.42 Å². The maximum Gasteiger partial charge on any atom is 0.142 e. The van der Waals surface area contributed by atoms with Crippen LogP contribution in [-0.4, -0.2) is 13.1 Å². The first-order valence-electron chi connectivity index (χ1n) is 5.78. The van der Waals surface area contributed by atoms with E-state index in [2.05, 4.69) is 19.2 Å². The van der Waals surface area contributed by atoms with Crippen LogP contribution in [0, 0.1) is 11.7 Å². The zero-order valence-electron chi connectivity index (χ0n) is 9.89. The van der Waals surface area contributed by atoms with Crippen molar-refractivity contribution in [3.8, 4) is 0 Å². The highest BCUT2D eigenvalue weighted by atomic mass is 35.5. The van der Waals surface area contributed by atoms with E-state index in [0.717, 1.165) is 31.5 Å².